The molecule has 0 spiro atoms. The lowest BCUT2D eigenvalue weighted by Gasteiger charge is -2.33. The van der Waals surface area contributed by atoms with Crippen LogP contribution in [0.2, 0.25) is 0 Å². The molecule has 0 N–H and O–H groups in total. The maximum Gasteiger partial charge on any atom is 0.187 e. The molecule has 19 heavy (non-hydrogen) atoms. The molecule has 2 fully saturated rings. The molecule has 0 radical (unpaired) electrons. The van der Waals surface area contributed by atoms with Gasteiger partial charge in [0, 0.05) is 12.6 Å². The van der Waals surface area contributed by atoms with Crippen molar-refractivity contribution in [3.8, 4) is 0 Å². The second kappa shape index (κ2) is 5.06. The molecule has 3 atom stereocenters. The van der Waals surface area contributed by atoms with Gasteiger partial charge in [-0.25, -0.2) is 14.4 Å². The van der Waals surface area contributed by atoms with Crippen LogP contribution in [0.15, 0.2) is 6.33 Å². The Hall–Kier alpha value is -1.19. The molecule has 2 heterocycles. The summed E-state index contributed by atoms with van der Waals surface area (Å²) in [5, 5.41) is 0. The Labute approximate surface area is 114 Å². The Balaban J connectivity index is 1.94. The average molecular weight is 263 g/mol. The van der Waals surface area contributed by atoms with Gasteiger partial charge >= 0.3 is 0 Å². The third kappa shape index (κ3) is 2.11. The zero-order valence-electron chi connectivity index (χ0n) is 11.8. The molecule has 0 aromatic carbocycles. The van der Waals surface area contributed by atoms with Crippen molar-refractivity contribution in [2.24, 2.45) is 11.8 Å². The van der Waals surface area contributed by atoms with Gasteiger partial charge in [0.1, 0.15) is 6.33 Å². The smallest absolute Gasteiger partial charge is 0.187 e. The van der Waals surface area contributed by atoms with Gasteiger partial charge in [-0.3, -0.25) is 0 Å². The highest BCUT2D eigenvalue weighted by Crippen LogP contribution is 2.42. The molecule has 1 saturated heterocycles. The van der Waals surface area contributed by atoms with Gasteiger partial charge in [-0.2, -0.15) is 0 Å². The first-order valence-corrected chi connectivity index (χ1v) is 7.48. The van der Waals surface area contributed by atoms with E-state index >= 15 is 0 Å². The molecule has 2 aliphatic rings. The Morgan fingerprint density at radius 3 is 2.89 bits per heavy atom. The minimum atomic E-state index is -0.205. The summed E-state index contributed by atoms with van der Waals surface area (Å²) >= 11 is 0. The second-order valence-corrected chi connectivity index (χ2v) is 5.96. The van der Waals surface area contributed by atoms with Gasteiger partial charge in [-0.05, 0) is 31.1 Å². The lowest BCUT2D eigenvalue weighted by Crippen LogP contribution is -2.36. The van der Waals surface area contributed by atoms with Crippen molar-refractivity contribution in [3.05, 3.63) is 17.8 Å². The van der Waals surface area contributed by atoms with Gasteiger partial charge in [-0.15, -0.1) is 0 Å². The lowest BCUT2D eigenvalue weighted by atomic mass is 9.80. The molecule has 0 amide bonds. The summed E-state index contributed by atoms with van der Waals surface area (Å²) in [7, 11) is 0. The fourth-order valence-electron chi connectivity index (χ4n) is 3.86. The summed E-state index contributed by atoms with van der Waals surface area (Å²) in [5.74, 6) is 1.69. The number of hydrogen-bond donors (Lipinski definition) is 0. The summed E-state index contributed by atoms with van der Waals surface area (Å²) in [6.07, 6.45) is 7.19. The van der Waals surface area contributed by atoms with Crippen LogP contribution in [0.25, 0.3) is 0 Å². The molecule has 1 aliphatic heterocycles. The van der Waals surface area contributed by atoms with Crippen LogP contribution in [-0.2, 0) is 6.42 Å². The number of hydrogen-bond acceptors (Lipinski definition) is 3. The summed E-state index contributed by atoms with van der Waals surface area (Å²) in [4.78, 5) is 10.5. The van der Waals surface area contributed by atoms with Crippen LogP contribution in [-0.4, -0.2) is 22.6 Å². The minimum absolute atomic E-state index is 0.205. The highest BCUT2D eigenvalue weighted by atomic mass is 19.1. The van der Waals surface area contributed by atoms with Crippen molar-refractivity contribution in [1.29, 1.82) is 0 Å². The van der Waals surface area contributed by atoms with Crippen molar-refractivity contribution in [1.82, 2.24) is 9.97 Å². The number of halogens is 1. The normalized spacial score (nSPS) is 30.5. The van der Waals surface area contributed by atoms with Crippen molar-refractivity contribution in [2.45, 2.75) is 52.0 Å². The number of aryl methyl sites for hydroxylation is 1. The fraction of sp³-hybridized carbons (Fsp3) is 0.733. The summed E-state index contributed by atoms with van der Waals surface area (Å²) in [5.41, 5.74) is 0.539. The van der Waals surface area contributed by atoms with Crippen molar-refractivity contribution in [2.75, 3.05) is 11.4 Å². The molecular weight excluding hydrogens is 241 g/mol. The molecule has 104 valence electrons. The van der Waals surface area contributed by atoms with E-state index in [1.807, 2.05) is 6.92 Å². The predicted octanol–water partition coefficient (Wildman–Crippen LogP) is 3.19. The highest BCUT2D eigenvalue weighted by Gasteiger charge is 2.42. The Bertz CT molecular complexity index is 463. The van der Waals surface area contributed by atoms with Gasteiger partial charge in [0.2, 0.25) is 0 Å². The third-order valence-electron chi connectivity index (χ3n) is 4.85. The van der Waals surface area contributed by atoms with Crippen LogP contribution < -0.4 is 4.90 Å². The summed E-state index contributed by atoms with van der Waals surface area (Å²) in [6, 6.07) is 0.484. The molecule has 1 aromatic rings. The van der Waals surface area contributed by atoms with Crippen LogP contribution in [0.4, 0.5) is 10.2 Å². The van der Waals surface area contributed by atoms with E-state index in [4.69, 9.17) is 0 Å². The second-order valence-electron chi connectivity index (χ2n) is 5.96. The van der Waals surface area contributed by atoms with Crippen LogP contribution in [0.1, 0.15) is 45.2 Å². The van der Waals surface area contributed by atoms with Gasteiger partial charge in [-0.1, -0.05) is 26.7 Å². The van der Waals surface area contributed by atoms with E-state index in [-0.39, 0.29) is 5.82 Å². The predicted molar refractivity (Wildman–Crippen MR) is 73.6 cm³/mol. The molecule has 0 bridgehead atoms. The van der Waals surface area contributed by atoms with Crippen LogP contribution in [0.5, 0.6) is 0 Å². The Morgan fingerprint density at radius 2 is 2.11 bits per heavy atom. The lowest BCUT2D eigenvalue weighted by molar-refractivity contribution is 0.292. The van der Waals surface area contributed by atoms with Crippen LogP contribution in [0.3, 0.4) is 0 Å². The van der Waals surface area contributed by atoms with Gasteiger partial charge in [0.05, 0.1) is 5.69 Å². The standard InChI is InChI=1S/C15H22FN3/c1-3-12-14(16)15(18-9-17-12)19-8-10(2)11-6-4-5-7-13(11)19/h9-11,13H,3-8H2,1-2H3. The van der Waals surface area contributed by atoms with E-state index in [1.54, 1.807) is 0 Å². The number of rotatable bonds is 2. The quantitative estimate of drug-likeness (QED) is 0.820. The molecule has 3 nitrogen and oxygen atoms in total. The largest absolute Gasteiger partial charge is 0.351 e. The zero-order chi connectivity index (χ0) is 13.4. The van der Waals surface area contributed by atoms with Gasteiger partial charge < -0.3 is 4.90 Å². The Morgan fingerprint density at radius 1 is 1.32 bits per heavy atom. The number of nitrogens with zero attached hydrogens (tertiary/aromatic N) is 3. The molecule has 1 aromatic heterocycles. The monoisotopic (exact) mass is 263 g/mol. The maximum atomic E-state index is 14.4. The van der Waals surface area contributed by atoms with Gasteiger partial charge in [0.25, 0.3) is 0 Å². The number of anilines is 1. The molecule has 4 heteroatoms. The van der Waals surface area contributed by atoms with Crippen LogP contribution in [0, 0.1) is 17.7 Å². The average Bonchev–Trinajstić information content (AvgIpc) is 2.77. The van der Waals surface area contributed by atoms with E-state index in [9.17, 15) is 4.39 Å². The molecule has 1 aliphatic carbocycles. The first-order chi connectivity index (χ1) is 9.22. The Kier molecular flexibility index (Phi) is 3.42. The molecule has 3 unspecified atom stereocenters. The molecular formula is C15H22FN3. The maximum absolute atomic E-state index is 14.4. The zero-order valence-corrected chi connectivity index (χ0v) is 11.8. The minimum Gasteiger partial charge on any atom is -0.351 e. The van der Waals surface area contributed by atoms with E-state index in [2.05, 4.69) is 21.8 Å². The molecule has 3 rings (SSSR count). The first kappa shape index (κ1) is 12.8. The summed E-state index contributed by atoms with van der Waals surface area (Å²) < 4.78 is 14.4. The van der Waals surface area contributed by atoms with Crippen LogP contribution >= 0.6 is 0 Å². The number of fused-ring (bicyclic) bond motifs is 1. The van der Waals surface area contributed by atoms with E-state index in [1.165, 1.54) is 32.0 Å². The topological polar surface area (TPSA) is 29.0 Å². The van der Waals surface area contributed by atoms with E-state index in [0.717, 1.165) is 6.54 Å². The van der Waals surface area contributed by atoms with Gasteiger partial charge in [0.15, 0.2) is 11.6 Å². The van der Waals surface area contributed by atoms with Crippen molar-refractivity contribution < 1.29 is 4.39 Å². The first-order valence-electron chi connectivity index (χ1n) is 7.48. The van der Waals surface area contributed by atoms with E-state index in [0.29, 0.717) is 35.8 Å². The highest BCUT2D eigenvalue weighted by molar-refractivity contribution is 5.44. The fourth-order valence-corrected chi connectivity index (χ4v) is 3.86. The SMILES string of the molecule is CCc1ncnc(N2CC(C)C3CCCCC32)c1F. The number of aromatic nitrogens is 2. The van der Waals surface area contributed by atoms with E-state index < -0.39 is 0 Å². The summed E-state index contributed by atoms with van der Waals surface area (Å²) in [6.45, 7) is 5.17. The van der Waals surface area contributed by atoms with Crippen molar-refractivity contribution in [3.63, 3.8) is 0 Å². The van der Waals surface area contributed by atoms with Crippen molar-refractivity contribution >= 4 is 5.82 Å². The third-order valence-corrected chi connectivity index (χ3v) is 4.85. The molecule has 1 saturated carbocycles.